The zero-order valence-electron chi connectivity index (χ0n) is 34.5. The molecular weight excluding hydrogens is 805 g/mol. The van der Waals surface area contributed by atoms with Crippen molar-refractivity contribution in [1.82, 2.24) is 0 Å². The molecule has 0 aliphatic rings. The van der Waals surface area contributed by atoms with Gasteiger partial charge in [-0.3, -0.25) is 0 Å². The van der Waals surface area contributed by atoms with Crippen molar-refractivity contribution in [3.63, 3.8) is 0 Å². The average molecular weight is 839 g/mol. The van der Waals surface area contributed by atoms with Gasteiger partial charge in [-0.15, -0.1) is 0 Å². The number of hydrogen-bond acceptors (Lipinski definition) is 4. The number of nitrogens with zero attached hydrogens (tertiary/aromatic N) is 4. The lowest BCUT2D eigenvalue weighted by Crippen LogP contribution is -2.15. The molecule has 0 unspecified atom stereocenters. The fraction of sp³-hybridized carbons (Fsp3) is 0.0357. The smallest absolute Gasteiger partial charge is 0.150 e. The van der Waals surface area contributed by atoms with E-state index >= 15 is 17.6 Å². The van der Waals surface area contributed by atoms with Crippen molar-refractivity contribution in [2.45, 2.75) is 13.8 Å². The molecule has 0 saturated carbocycles. The Bertz CT molecular complexity index is 3310. The Balaban J connectivity index is 1.27. The summed E-state index contributed by atoms with van der Waals surface area (Å²) in [5, 5.41) is 24.4. The van der Waals surface area contributed by atoms with Crippen molar-refractivity contribution in [3.05, 3.63) is 215 Å². The first-order chi connectivity index (χ1) is 31.1. The maximum Gasteiger partial charge on any atom is 0.150 e. The van der Waals surface area contributed by atoms with Crippen LogP contribution >= 0.6 is 0 Å². The van der Waals surface area contributed by atoms with E-state index < -0.39 is 23.3 Å². The quantitative estimate of drug-likeness (QED) is 0.113. The third-order valence-corrected chi connectivity index (χ3v) is 11.8. The van der Waals surface area contributed by atoms with Crippen LogP contribution in [-0.4, -0.2) is 0 Å². The van der Waals surface area contributed by atoms with Crippen LogP contribution < -0.4 is 9.80 Å². The van der Waals surface area contributed by atoms with Crippen LogP contribution in [-0.2, 0) is 0 Å². The first kappa shape index (κ1) is 39.7. The van der Waals surface area contributed by atoms with Gasteiger partial charge in [0.15, 0.2) is 11.6 Å². The highest BCUT2D eigenvalue weighted by atomic mass is 19.1. The van der Waals surface area contributed by atoms with Crippen LogP contribution in [0.5, 0.6) is 0 Å². The van der Waals surface area contributed by atoms with Gasteiger partial charge in [0.1, 0.15) is 11.6 Å². The summed E-state index contributed by atoms with van der Waals surface area (Å²) in [7, 11) is 0. The Labute approximate surface area is 366 Å². The summed E-state index contributed by atoms with van der Waals surface area (Å²) in [5.74, 6) is -3.01. The highest BCUT2D eigenvalue weighted by molar-refractivity contribution is 6.28. The van der Waals surface area contributed by atoms with Crippen molar-refractivity contribution < 1.29 is 17.6 Å². The summed E-state index contributed by atoms with van der Waals surface area (Å²) >= 11 is 0. The topological polar surface area (TPSA) is 54.1 Å². The number of halogens is 4. The molecule has 64 heavy (non-hydrogen) atoms. The number of anilines is 6. The van der Waals surface area contributed by atoms with E-state index in [1.165, 1.54) is 12.1 Å². The molecule has 0 aromatic heterocycles. The minimum absolute atomic E-state index is 0.120. The molecule has 0 radical (unpaired) electrons. The van der Waals surface area contributed by atoms with Gasteiger partial charge in [0.25, 0.3) is 0 Å². The Morgan fingerprint density at radius 3 is 1.19 bits per heavy atom. The van der Waals surface area contributed by atoms with Gasteiger partial charge < -0.3 is 9.80 Å². The Morgan fingerprint density at radius 1 is 0.422 bits per heavy atom. The van der Waals surface area contributed by atoms with Gasteiger partial charge in [0.2, 0.25) is 0 Å². The molecule has 10 aromatic rings. The van der Waals surface area contributed by atoms with Crippen molar-refractivity contribution in [3.8, 4) is 34.4 Å². The van der Waals surface area contributed by atoms with Crippen molar-refractivity contribution in [1.29, 1.82) is 10.5 Å². The van der Waals surface area contributed by atoms with E-state index in [1.807, 2.05) is 111 Å². The Morgan fingerprint density at radius 2 is 0.812 bits per heavy atom. The maximum absolute atomic E-state index is 16.8. The standard InChI is InChI=1S/C56H34F4N4/c1-33-5-3-7-39(25-33)47-27-41(57)29-49(59)55(47)63(43-17-9-35(31-61)10-18-43)51-23-15-37-14-22-46-52(24-16-38-13-21-45(51)53(37)54(38)46)64(44-19-11-36(32-62)12-20-44)56-48(28-42(58)30-50(56)60)40-8-4-6-34(2)26-40/h3-30H,1-2H3. The predicted octanol–water partition coefficient (Wildman–Crippen LogP) is 15.8. The molecule has 0 saturated heterocycles. The van der Waals surface area contributed by atoms with Crippen molar-refractivity contribution in [2.24, 2.45) is 0 Å². The van der Waals surface area contributed by atoms with E-state index in [1.54, 1.807) is 58.3 Å². The van der Waals surface area contributed by atoms with Crippen LogP contribution in [0.15, 0.2) is 170 Å². The highest BCUT2D eigenvalue weighted by Crippen LogP contribution is 2.51. The van der Waals surface area contributed by atoms with Crippen molar-refractivity contribution >= 4 is 66.4 Å². The maximum atomic E-state index is 16.8. The molecule has 10 rings (SSSR count). The van der Waals surface area contributed by atoms with Gasteiger partial charge in [0.05, 0.1) is 46.0 Å². The number of hydrogen-bond donors (Lipinski definition) is 0. The van der Waals surface area contributed by atoms with Crippen LogP contribution in [0, 0.1) is 59.8 Å². The van der Waals surface area contributed by atoms with E-state index in [4.69, 9.17) is 0 Å². The molecule has 0 bridgehead atoms. The second-order valence-corrected chi connectivity index (χ2v) is 15.9. The predicted molar refractivity (Wildman–Crippen MR) is 249 cm³/mol. The molecule has 0 atom stereocenters. The lowest BCUT2D eigenvalue weighted by Gasteiger charge is -2.31. The third kappa shape index (κ3) is 6.79. The van der Waals surface area contributed by atoms with Crippen LogP contribution in [0.1, 0.15) is 22.3 Å². The van der Waals surface area contributed by atoms with Gasteiger partial charge in [-0.25, -0.2) is 17.6 Å². The number of rotatable bonds is 8. The highest BCUT2D eigenvalue weighted by Gasteiger charge is 2.28. The van der Waals surface area contributed by atoms with Gasteiger partial charge >= 0.3 is 0 Å². The lowest BCUT2D eigenvalue weighted by atomic mass is 9.91. The number of benzene rings is 10. The molecule has 10 aromatic carbocycles. The van der Waals surface area contributed by atoms with E-state index in [9.17, 15) is 10.5 Å². The second-order valence-electron chi connectivity index (χ2n) is 15.9. The SMILES string of the molecule is Cc1cccc(-c2cc(F)cc(F)c2N(c2ccc(C#N)cc2)c2ccc3ccc4c(N(c5ccc(C#N)cc5)c5c(F)cc(F)cc5-c5cccc(C)c5)ccc5ccc2c3c54)c1. The zero-order valence-corrected chi connectivity index (χ0v) is 34.5. The molecule has 4 nitrogen and oxygen atoms in total. The molecule has 0 spiro atoms. The monoisotopic (exact) mass is 838 g/mol. The second kappa shape index (κ2) is 15.8. The van der Waals surface area contributed by atoms with E-state index in [0.29, 0.717) is 56.1 Å². The fourth-order valence-corrected chi connectivity index (χ4v) is 8.96. The summed E-state index contributed by atoms with van der Waals surface area (Å²) in [6.07, 6.45) is 0. The summed E-state index contributed by atoms with van der Waals surface area (Å²) in [5.41, 5.74) is 7.07. The molecule has 0 fully saturated rings. The molecule has 0 N–H and O–H groups in total. The Hall–Kier alpha value is -8.46. The minimum Gasteiger partial charge on any atom is -0.307 e. The Kier molecular flexibility index (Phi) is 9.78. The van der Waals surface area contributed by atoms with Gasteiger partial charge in [-0.1, -0.05) is 96.1 Å². The van der Waals surface area contributed by atoms with Crippen LogP contribution in [0.3, 0.4) is 0 Å². The molecule has 0 aliphatic heterocycles. The first-order valence-electron chi connectivity index (χ1n) is 20.5. The minimum atomic E-state index is -0.780. The van der Waals surface area contributed by atoms with Crippen LogP contribution in [0.4, 0.5) is 51.7 Å². The molecular formula is C56H34F4N4. The van der Waals surface area contributed by atoms with Gasteiger partial charge in [-0.05, 0) is 119 Å². The average Bonchev–Trinajstić information content (AvgIpc) is 3.30. The summed E-state index contributed by atoms with van der Waals surface area (Å²) in [6.45, 7) is 3.84. The van der Waals surface area contributed by atoms with E-state index in [2.05, 4.69) is 12.1 Å². The summed E-state index contributed by atoms with van der Waals surface area (Å²) in [6, 6.07) is 53.0. The lowest BCUT2D eigenvalue weighted by molar-refractivity contribution is 0.584. The van der Waals surface area contributed by atoms with E-state index in [-0.39, 0.29) is 11.4 Å². The van der Waals surface area contributed by atoms with Crippen LogP contribution in [0.25, 0.3) is 54.6 Å². The number of aryl methyl sites for hydroxylation is 2. The molecule has 306 valence electrons. The summed E-state index contributed by atoms with van der Waals surface area (Å²) < 4.78 is 64.2. The molecule has 0 heterocycles. The third-order valence-electron chi connectivity index (χ3n) is 11.8. The largest absolute Gasteiger partial charge is 0.307 e. The van der Waals surface area contributed by atoms with E-state index in [0.717, 1.165) is 55.6 Å². The van der Waals surface area contributed by atoms with Crippen molar-refractivity contribution in [2.75, 3.05) is 9.80 Å². The molecule has 8 heteroatoms. The zero-order chi connectivity index (χ0) is 44.2. The molecule has 0 amide bonds. The fourth-order valence-electron chi connectivity index (χ4n) is 8.96. The van der Waals surface area contributed by atoms with Gasteiger partial charge in [-0.2, -0.15) is 10.5 Å². The van der Waals surface area contributed by atoms with Gasteiger partial charge in [0, 0.05) is 45.4 Å². The first-order valence-corrected chi connectivity index (χ1v) is 20.5. The summed E-state index contributed by atoms with van der Waals surface area (Å²) in [4.78, 5) is 3.54. The number of nitriles is 2. The van der Waals surface area contributed by atoms with Crippen LogP contribution in [0.2, 0.25) is 0 Å². The normalized spacial score (nSPS) is 11.2. The molecule has 0 aliphatic carbocycles.